The molecule has 146 valence electrons. The number of aryl methyl sites for hydroxylation is 3. The summed E-state index contributed by atoms with van der Waals surface area (Å²) in [6.07, 6.45) is -0.465. The molecule has 1 aliphatic heterocycles. The lowest BCUT2D eigenvalue weighted by atomic mass is 10.1. The molecule has 3 N–H and O–H groups in total. The normalized spacial score (nSPS) is 15.5. The molecule has 1 aliphatic rings. The molecule has 0 aromatic heterocycles. The average molecular weight is 369 g/mol. The molecule has 1 unspecified atom stereocenters. The van der Waals surface area contributed by atoms with Gasteiger partial charge in [-0.15, -0.1) is 0 Å². The molecule has 1 aromatic rings. The summed E-state index contributed by atoms with van der Waals surface area (Å²) in [5.74, 6) is -2.75. The Kier molecular flexibility index (Phi) is 9.04. The molecule has 0 bridgehead atoms. The number of aliphatic carboxylic acids is 2. The first-order valence-corrected chi connectivity index (χ1v) is 8.35. The maximum absolute atomic E-state index is 10.1. The molecule has 0 aliphatic carbocycles. The molecule has 1 saturated heterocycles. The standard InChI is InChI=1S/C16H25NO3.C2H2O4/c1-12-8-13(2)16(14(3)9-12)20-11-15(18)10-17-4-6-19-7-5-17;3-1(4)2(5)6/h8-9,15,18H,4-7,10-11H2,1-3H3;(H,3,4)(H,5,6). The van der Waals surface area contributed by atoms with E-state index in [2.05, 4.69) is 24.0 Å². The van der Waals surface area contributed by atoms with Gasteiger partial charge in [-0.05, 0) is 31.9 Å². The molecule has 1 aromatic carbocycles. The topological polar surface area (TPSA) is 117 Å². The smallest absolute Gasteiger partial charge is 0.414 e. The molecule has 0 radical (unpaired) electrons. The summed E-state index contributed by atoms with van der Waals surface area (Å²) in [4.78, 5) is 20.4. The zero-order valence-corrected chi connectivity index (χ0v) is 15.4. The van der Waals surface area contributed by atoms with Gasteiger partial charge in [0.1, 0.15) is 18.5 Å². The molecule has 8 nitrogen and oxygen atoms in total. The van der Waals surface area contributed by atoms with Gasteiger partial charge in [0.05, 0.1) is 13.2 Å². The third kappa shape index (κ3) is 7.81. The lowest BCUT2D eigenvalue weighted by molar-refractivity contribution is -0.159. The maximum atomic E-state index is 10.1. The van der Waals surface area contributed by atoms with Gasteiger partial charge in [-0.3, -0.25) is 4.90 Å². The number of carboxylic acids is 2. The van der Waals surface area contributed by atoms with E-state index in [4.69, 9.17) is 29.3 Å². The first-order chi connectivity index (χ1) is 12.2. The van der Waals surface area contributed by atoms with Crippen molar-refractivity contribution in [1.82, 2.24) is 4.90 Å². The van der Waals surface area contributed by atoms with Gasteiger partial charge in [0.2, 0.25) is 0 Å². The van der Waals surface area contributed by atoms with E-state index in [0.29, 0.717) is 13.2 Å². The van der Waals surface area contributed by atoms with E-state index in [1.165, 1.54) is 5.56 Å². The van der Waals surface area contributed by atoms with E-state index in [1.54, 1.807) is 0 Å². The number of aliphatic hydroxyl groups excluding tert-OH is 1. The Morgan fingerprint density at radius 1 is 1.12 bits per heavy atom. The highest BCUT2D eigenvalue weighted by Crippen LogP contribution is 2.24. The van der Waals surface area contributed by atoms with Gasteiger partial charge < -0.3 is 24.8 Å². The van der Waals surface area contributed by atoms with Crippen molar-refractivity contribution < 1.29 is 34.4 Å². The van der Waals surface area contributed by atoms with Gasteiger partial charge in [0.25, 0.3) is 0 Å². The zero-order chi connectivity index (χ0) is 19.7. The minimum absolute atomic E-state index is 0.335. The van der Waals surface area contributed by atoms with Crippen LogP contribution in [0.15, 0.2) is 12.1 Å². The first kappa shape index (κ1) is 21.9. The molecular formula is C18H27NO7. The van der Waals surface area contributed by atoms with Crippen LogP contribution < -0.4 is 4.74 Å². The van der Waals surface area contributed by atoms with Crippen molar-refractivity contribution in [3.63, 3.8) is 0 Å². The van der Waals surface area contributed by atoms with Crippen LogP contribution in [-0.4, -0.2) is 77.7 Å². The zero-order valence-electron chi connectivity index (χ0n) is 15.4. The molecule has 1 heterocycles. The molecular weight excluding hydrogens is 342 g/mol. The van der Waals surface area contributed by atoms with Gasteiger partial charge in [-0.2, -0.15) is 0 Å². The highest BCUT2D eigenvalue weighted by molar-refractivity contribution is 6.27. The average Bonchev–Trinajstić information content (AvgIpc) is 2.55. The number of rotatable bonds is 5. The summed E-state index contributed by atoms with van der Waals surface area (Å²) in [5, 5.41) is 24.9. The highest BCUT2D eigenvalue weighted by Gasteiger charge is 2.16. The molecule has 0 amide bonds. The van der Waals surface area contributed by atoms with E-state index in [-0.39, 0.29) is 0 Å². The van der Waals surface area contributed by atoms with Crippen molar-refractivity contribution in [2.45, 2.75) is 26.9 Å². The second-order valence-corrected chi connectivity index (χ2v) is 6.22. The van der Waals surface area contributed by atoms with Crippen LogP contribution in [-0.2, 0) is 14.3 Å². The van der Waals surface area contributed by atoms with E-state index in [0.717, 1.165) is 43.2 Å². The number of carboxylic acid groups (broad SMARTS) is 2. The Labute approximate surface area is 153 Å². The largest absolute Gasteiger partial charge is 0.490 e. The van der Waals surface area contributed by atoms with Crippen LogP contribution in [0.1, 0.15) is 16.7 Å². The van der Waals surface area contributed by atoms with Crippen LogP contribution in [0.3, 0.4) is 0 Å². The number of β-amino-alcohol motifs (C(OH)–C–C–N with tert-alkyl or cyclic N) is 1. The fourth-order valence-electron chi connectivity index (χ4n) is 2.71. The second kappa shape index (κ2) is 10.7. The number of ether oxygens (including phenoxy) is 2. The van der Waals surface area contributed by atoms with Gasteiger partial charge in [0, 0.05) is 19.6 Å². The van der Waals surface area contributed by atoms with Crippen LogP contribution in [0.4, 0.5) is 0 Å². The van der Waals surface area contributed by atoms with Crippen LogP contribution in [0, 0.1) is 20.8 Å². The van der Waals surface area contributed by atoms with Crippen molar-refractivity contribution in [2.75, 3.05) is 39.5 Å². The first-order valence-electron chi connectivity index (χ1n) is 8.35. The van der Waals surface area contributed by atoms with Crippen molar-refractivity contribution in [3.8, 4) is 5.75 Å². The quantitative estimate of drug-likeness (QED) is 0.654. The van der Waals surface area contributed by atoms with Gasteiger partial charge in [-0.25, -0.2) is 9.59 Å². The van der Waals surface area contributed by atoms with Crippen molar-refractivity contribution in [3.05, 3.63) is 28.8 Å². The Balaban J connectivity index is 0.000000487. The third-order valence-electron chi connectivity index (χ3n) is 3.78. The van der Waals surface area contributed by atoms with Crippen molar-refractivity contribution in [1.29, 1.82) is 0 Å². The summed E-state index contributed by atoms with van der Waals surface area (Å²) in [7, 11) is 0. The van der Waals surface area contributed by atoms with E-state index < -0.39 is 18.0 Å². The summed E-state index contributed by atoms with van der Waals surface area (Å²) in [6.45, 7) is 10.4. The fraction of sp³-hybridized carbons (Fsp3) is 0.556. The monoisotopic (exact) mass is 369 g/mol. The molecule has 0 spiro atoms. The number of aliphatic hydroxyl groups is 1. The predicted octanol–water partition coefficient (Wildman–Crippen LogP) is 0.839. The number of nitrogens with zero attached hydrogens (tertiary/aromatic N) is 1. The second-order valence-electron chi connectivity index (χ2n) is 6.22. The lowest BCUT2D eigenvalue weighted by Gasteiger charge is -2.28. The van der Waals surface area contributed by atoms with E-state index >= 15 is 0 Å². The minimum Gasteiger partial charge on any atom is -0.490 e. The van der Waals surface area contributed by atoms with Gasteiger partial charge >= 0.3 is 11.9 Å². The number of hydrogen-bond donors (Lipinski definition) is 3. The summed E-state index contributed by atoms with van der Waals surface area (Å²) < 4.78 is 11.1. The number of benzene rings is 1. The van der Waals surface area contributed by atoms with Crippen LogP contribution in [0.25, 0.3) is 0 Å². The van der Waals surface area contributed by atoms with Crippen LogP contribution in [0.5, 0.6) is 5.75 Å². The Morgan fingerprint density at radius 2 is 1.62 bits per heavy atom. The highest BCUT2D eigenvalue weighted by atomic mass is 16.5. The number of carbonyl (C=O) groups is 2. The number of morpholine rings is 1. The fourth-order valence-corrected chi connectivity index (χ4v) is 2.71. The molecule has 8 heteroatoms. The van der Waals surface area contributed by atoms with Gasteiger partial charge in [-0.1, -0.05) is 17.7 Å². The van der Waals surface area contributed by atoms with Crippen LogP contribution in [0.2, 0.25) is 0 Å². The summed E-state index contributed by atoms with van der Waals surface area (Å²) in [6, 6.07) is 4.22. The third-order valence-corrected chi connectivity index (χ3v) is 3.78. The molecule has 2 rings (SSSR count). The van der Waals surface area contributed by atoms with Crippen LogP contribution >= 0.6 is 0 Å². The Hall–Kier alpha value is -2.16. The molecule has 26 heavy (non-hydrogen) atoms. The molecule has 0 saturated carbocycles. The van der Waals surface area contributed by atoms with E-state index in [1.807, 2.05) is 13.8 Å². The van der Waals surface area contributed by atoms with E-state index in [9.17, 15) is 5.11 Å². The lowest BCUT2D eigenvalue weighted by Crippen LogP contribution is -2.42. The number of hydrogen-bond acceptors (Lipinski definition) is 6. The Bertz CT molecular complexity index is 577. The van der Waals surface area contributed by atoms with Gasteiger partial charge in [0.15, 0.2) is 0 Å². The molecule has 1 fully saturated rings. The Morgan fingerprint density at radius 3 is 2.08 bits per heavy atom. The molecule has 1 atom stereocenters. The van der Waals surface area contributed by atoms with Crippen molar-refractivity contribution >= 4 is 11.9 Å². The SMILES string of the molecule is Cc1cc(C)c(OCC(O)CN2CCOCC2)c(C)c1.O=C(O)C(=O)O. The minimum atomic E-state index is -1.82. The maximum Gasteiger partial charge on any atom is 0.414 e. The summed E-state index contributed by atoms with van der Waals surface area (Å²) >= 11 is 0. The summed E-state index contributed by atoms with van der Waals surface area (Å²) in [5.41, 5.74) is 3.49. The van der Waals surface area contributed by atoms with Crippen molar-refractivity contribution in [2.24, 2.45) is 0 Å². The predicted molar refractivity (Wildman–Crippen MR) is 94.7 cm³/mol.